The number of ether oxygens (including phenoxy) is 1. The number of anilines is 1. The number of hydrogen-bond donors (Lipinski definition) is 2. The first kappa shape index (κ1) is 14.5. The molecule has 3 atom stereocenters. The molecule has 8 nitrogen and oxygen atoms in total. The maximum atomic E-state index is 12.1. The number of aliphatic hydroxyl groups is 2. The number of hydrogen-bond acceptors (Lipinski definition) is 6. The van der Waals surface area contributed by atoms with Gasteiger partial charge in [-0.3, -0.25) is 4.90 Å². The van der Waals surface area contributed by atoms with E-state index in [4.69, 9.17) is 9.26 Å². The molecule has 0 saturated carbocycles. The van der Waals surface area contributed by atoms with Crippen molar-refractivity contribution >= 4 is 11.9 Å². The lowest BCUT2D eigenvalue weighted by Crippen LogP contribution is -2.36. The molecule has 110 valence electrons. The van der Waals surface area contributed by atoms with Crippen molar-refractivity contribution in [2.24, 2.45) is 0 Å². The van der Waals surface area contributed by atoms with Crippen LogP contribution in [0.25, 0.3) is 0 Å². The Bertz CT molecular complexity index is 503. The summed E-state index contributed by atoms with van der Waals surface area (Å²) in [4.78, 5) is 14.1. The molecule has 8 heteroatoms. The van der Waals surface area contributed by atoms with Gasteiger partial charge in [-0.15, -0.1) is 6.58 Å². The molecule has 1 aromatic heterocycles. The van der Waals surface area contributed by atoms with Crippen LogP contribution < -0.4 is 4.90 Å². The highest BCUT2D eigenvalue weighted by molar-refractivity contribution is 5.93. The minimum atomic E-state index is -1.43. The second-order valence-corrected chi connectivity index (χ2v) is 4.39. The minimum absolute atomic E-state index is 0.0482. The number of aliphatic hydroxyl groups excluding tert-OH is 2. The summed E-state index contributed by atoms with van der Waals surface area (Å²) in [7, 11) is 1.52. The molecule has 1 aliphatic heterocycles. The van der Waals surface area contributed by atoms with Gasteiger partial charge in [0.25, 0.3) is 0 Å². The third-order valence-electron chi connectivity index (χ3n) is 3.15. The van der Waals surface area contributed by atoms with Gasteiger partial charge in [0.1, 0.15) is 5.69 Å². The molecule has 1 aromatic rings. The molecule has 0 aromatic carbocycles. The fraction of sp³-hybridized carbons (Fsp3) is 0.500. The molecule has 2 N–H and O–H groups in total. The molecule has 1 fully saturated rings. The van der Waals surface area contributed by atoms with Crippen LogP contribution in [0.3, 0.4) is 0 Å². The van der Waals surface area contributed by atoms with Crippen LogP contribution in [0.1, 0.15) is 18.7 Å². The van der Waals surface area contributed by atoms with Crippen LogP contribution in [0.5, 0.6) is 0 Å². The predicted octanol–water partition coefficient (Wildman–Crippen LogP) is 0.447. The highest BCUT2D eigenvalue weighted by Gasteiger charge is 2.46. The Hall–Kier alpha value is -1.90. The number of nitrogens with zero attached hydrogens (tertiary/aromatic N) is 3. The van der Waals surface area contributed by atoms with Crippen LogP contribution in [-0.4, -0.2) is 52.4 Å². The summed E-state index contributed by atoms with van der Waals surface area (Å²) in [5.74, 6) is 0.0482. The Morgan fingerprint density at radius 3 is 2.90 bits per heavy atom. The largest absolute Gasteiger partial charge is 0.375 e. The fourth-order valence-corrected chi connectivity index (χ4v) is 1.91. The first-order chi connectivity index (χ1) is 9.51. The maximum absolute atomic E-state index is 12.1. The lowest BCUT2D eigenvalue weighted by Gasteiger charge is -2.16. The second kappa shape index (κ2) is 5.61. The highest BCUT2D eigenvalue weighted by atomic mass is 16.5. The average molecular weight is 283 g/mol. The van der Waals surface area contributed by atoms with Gasteiger partial charge in [0.15, 0.2) is 12.5 Å². The summed E-state index contributed by atoms with van der Waals surface area (Å²) in [5.41, 5.74) is 0.485. The monoisotopic (exact) mass is 283 g/mol. The van der Waals surface area contributed by atoms with E-state index >= 15 is 0 Å². The van der Waals surface area contributed by atoms with Gasteiger partial charge in [-0.2, -0.15) is 0 Å². The van der Waals surface area contributed by atoms with Crippen LogP contribution in [0.2, 0.25) is 0 Å². The first-order valence-corrected chi connectivity index (χ1v) is 6.07. The molecule has 0 spiro atoms. The van der Waals surface area contributed by atoms with Crippen molar-refractivity contribution in [3.63, 3.8) is 0 Å². The van der Waals surface area contributed by atoms with Gasteiger partial charge in [0.05, 0.1) is 6.10 Å². The van der Waals surface area contributed by atoms with E-state index in [2.05, 4.69) is 11.7 Å². The number of carbonyl (C=O) groups excluding carboxylic acids is 1. The van der Waals surface area contributed by atoms with Crippen LogP contribution in [0, 0.1) is 0 Å². The molecule has 3 unspecified atom stereocenters. The highest BCUT2D eigenvalue weighted by Crippen LogP contribution is 2.29. The van der Waals surface area contributed by atoms with Gasteiger partial charge in [0.2, 0.25) is 5.88 Å². The van der Waals surface area contributed by atoms with Gasteiger partial charge >= 0.3 is 6.03 Å². The van der Waals surface area contributed by atoms with Crippen molar-refractivity contribution in [1.29, 1.82) is 0 Å². The van der Waals surface area contributed by atoms with Gasteiger partial charge in [0, 0.05) is 19.7 Å². The Balaban J connectivity index is 2.26. The smallest absolute Gasteiger partial charge is 0.331 e. The molecular weight excluding hydrogens is 266 g/mol. The summed E-state index contributed by atoms with van der Waals surface area (Å²) in [6.07, 6.45) is -1.64. The zero-order chi connectivity index (χ0) is 14.9. The summed E-state index contributed by atoms with van der Waals surface area (Å²) in [5, 5.41) is 23.5. The van der Waals surface area contributed by atoms with Crippen LogP contribution in [0.15, 0.2) is 23.2 Å². The fourth-order valence-electron chi connectivity index (χ4n) is 1.91. The number of amides is 2. The summed E-state index contributed by atoms with van der Waals surface area (Å²) < 4.78 is 10.1. The molecule has 0 bridgehead atoms. The van der Waals surface area contributed by atoms with Crippen LogP contribution in [-0.2, 0) is 4.74 Å². The van der Waals surface area contributed by atoms with E-state index in [1.165, 1.54) is 19.3 Å². The lowest BCUT2D eigenvalue weighted by molar-refractivity contribution is -0.0242. The number of carbonyl (C=O) groups is 1. The lowest BCUT2D eigenvalue weighted by atomic mass is 10.3. The van der Waals surface area contributed by atoms with Crippen molar-refractivity contribution in [3.05, 3.63) is 24.4 Å². The molecule has 20 heavy (non-hydrogen) atoms. The molecule has 0 aliphatic carbocycles. The average Bonchev–Trinajstić information content (AvgIpc) is 2.98. The second-order valence-electron chi connectivity index (χ2n) is 4.39. The number of methoxy groups -OCH3 is 1. The maximum Gasteiger partial charge on any atom is 0.331 e. The zero-order valence-electron chi connectivity index (χ0n) is 11.3. The predicted molar refractivity (Wildman–Crippen MR) is 68.7 cm³/mol. The molecule has 0 radical (unpaired) electrons. The molecule has 1 saturated heterocycles. The molecule has 2 rings (SSSR count). The standard InChI is InChI=1S/C12H17N3O5/c1-4-5-14-10(16)11(17)15(12(14)18)9-6-8(13-20-9)7(2)19-3/h4,6-7,10-11,16-17H,1,5H2,2-3H3. The van der Waals surface area contributed by atoms with Crippen molar-refractivity contribution in [1.82, 2.24) is 10.1 Å². The Morgan fingerprint density at radius 2 is 2.30 bits per heavy atom. The van der Waals surface area contributed by atoms with Crippen molar-refractivity contribution in [2.75, 3.05) is 18.6 Å². The number of urea groups is 1. The van der Waals surface area contributed by atoms with Gasteiger partial charge < -0.3 is 19.5 Å². The number of rotatable bonds is 5. The first-order valence-electron chi connectivity index (χ1n) is 6.07. The van der Waals surface area contributed by atoms with Gasteiger partial charge in [-0.1, -0.05) is 11.2 Å². The normalized spacial score (nSPS) is 24.3. The van der Waals surface area contributed by atoms with Crippen molar-refractivity contribution in [3.8, 4) is 0 Å². The quantitative estimate of drug-likeness (QED) is 0.761. The molecular formula is C12H17N3O5. The van der Waals surface area contributed by atoms with E-state index in [-0.39, 0.29) is 18.5 Å². The molecule has 2 amide bonds. The van der Waals surface area contributed by atoms with E-state index in [0.29, 0.717) is 5.69 Å². The summed E-state index contributed by atoms with van der Waals surface area (Å²) >= 11 is 0. The number of aromatic nitrogens is 1. The van der Waals surface area contributed by atoms with E-state index in [1.807, 2.05) is 0 Å². The molecule has 1 aliphatic rings. The Labute approximate surface area is 115 Å². The SMILES string of the molecule is C=CCN1C(=O)N(c2cc(C(C)OC)no2)C(O)C1O. The van der Waals surface area contributed by atoms with Crippen molar-refractivity contribution < 1.29 is 24.3 Å². The van der Waals surface area contributed by atoms with E-state index in [1.54, 1.807) is 6.92 Å². The van der Waals surface area contributed by atoms with Crippen LogP contribution >= 0.6 is 0 Å². The van der Waals surface area contributed by atoms with E-state index < -0.39 is 18.5 Å². The van der Waals surface area contributed by atoms with Crippen molar-refractivity contribution in [2.45, 2.75) is 25.5 Å². The summed E-state index contributed by atoms with van der Waals surface area (Å²) in [6.45, 7) is 5.38. The van der Waals surface area contributed by atoms with Crippen LogP contribution in [0.4, 0.5) is 10.7 Å². The topological polar surface area (TPSA) is 99.3 Å². The third kappa shape index (κ3) is 2.28. The third-order valence-corrected chi connectivity index (χ3v) is 3.15. The molecule has 2 heterocycles. The van der Waals surface area contributed by atoms with Gasteiger partial charge in [-0.25, -0.2) is 9.69 Å². The Kier molecular flexibility index (Phi) is 4.07. The minimum Gasteiger partial charge on any atom is -0.375 e. The van der Waals surface area contributed by atoms with Gasteiger partial charge in [-0.05, 0) is 6.92 Å². The van der Waals surface area contributed by atoms with E-state index in [0.717, 1.165) is 9.80 Å². The zero-order valence-corrected chi connectivity index (χ0v) is 11.3. The summed E-state index contributed by atoms with van der Waals surface area (Å²) in [6, 6.07) is 0.900. The van der Waals surface area contributed by atoms with E-state index in [9.17, 15) is 15.0 Å². The Morgan fingerprint density at radius 1 is 1.60 bits per heavy atom.